The highest BCUT2D eigenvalue weighted by Gasteiger charge is 2.61. The van der Waals surface area contributed by atoms with Crippen LogP contribution >= 0.6 is 0 Å². The average molecular weight is 378 g/mol. The van der Waals surface area contributed by atoms with Crippen molar-refractivity contribution in [2.24, 2.45) is 23.7 Å². The lowest BCUT2D eigenvalue weighted by Crippen LogP contribution is -2.32. The van der Waals surface area contributed by atoms with E-state index in [1.165, 1.54) is 29.2 Å². The number of rotatable bonds is 3. The van der Waals surface area contributed by atoms with E-state index in [4.69, 9.17) is 0 Å². The summed E-state index contributed by atoms with van der Waals surface area (Å²) in [5, 5.41) is 2.69. The summed E-state index contributed by atoms with van der Waals surface area (Å²) >= 11 is 0. The fourth-order valence-corrected chi connectivity index (χ4v) is 5.16. The first-order valence-electron chi connectivity index (χ1n) is 9.58. The lowest BCUT2D eigenvalue weighted by Gasteiger charge is -2.19. The molecule has 2 saturated carbocycles. The molecule has 1 N–H and O–H groups in total. The van der Waals surface area contributed by atoms with Crippen molar-refractivity contribution in [2.75, 3.05) is 10.2 Å². The molecule has 2 aliphatic carbocycles. The highest BCUT2D eigenvalue weighted by Crippen LogP contribution is 2.56. The van der Waals surface area contributed by atoms with E-state index >= 15 is 0 Å². The fourth-order valence-electron chi connectivity index (χ4n) is 5.16. The van der Waals surface area contributed by atoms with Crippen LogP contribution in [0.1, 0.15) is 29.6 Å². The molecule has 1 saturated heterocycles. The van der Waals surface area contributed by atoms with Crippen molar-refractivity contribution < 1.29 is 18.8 Å². The normalized spacial score (nSPS) is 28.0. The molecule has 28 heavy (non-hydrogen) atoms. The maximum atomic E-state index is 13.0. The van der Waals surface area contributed by atoms with Crippen LogP contribution in [0.5, 0.6) is 0 Å². The Balaban J connectivity index is 1.34. The lowest BCUT2D eigenvalue weighted by atomic mass is 9.81. The summed E-state index contributed by atoms with van der Waals surface area (Å²) in [6.07, 6.45) is 3.09. The molecule has 3 fully saturated rings. The minimum absolute atomic E-state index is 0.0919. The minimum atomic E-state index is -0.375. The van der Waals surface area contributed by atoms with Gasteiger partial charge in [0.2, 0.25) is 11.8 Å². The van der Waals surface area contributed by atoms with Crippen LogP contribution in [-0.2, 0) is 9.59 Å². The van der Waals surface area contributed by atoms with Crippen molar-refractivity contribution in [3.63, 3.8) is 0 Å². The number of carbonyl (C=O) groups excluding carboxylic acids is 3. The minimum Gasteiger partial charge on any atom is -0.322 e. The molecular weight excluding hydrogens is 359 g/mol. The van der Waals surface area contributed by atoms with Crippen LogP contribution in [0, 0.1) is 29.5 Å². The van der Waals surface area contributed by atoms with Crippen molar-refractivity contribution >= 4 is 29.1 Å². The second-order valence-corrected chi connectivity index (χ2v) is 7.90. The molecule has 3 amide bonds. The predicted octanol–water partition coefficient (Wildman–Crippen LogP) is 3.61. The number of nitrogens with one attached hydrogen (secondary N) is 1. The van der Waals surface area contributed by atoms with E-state index in [2.05, 4.69) is 5.32 Å². The Morgan fingerprint density at radius 2 is 1.46 bits per heavy atom. The largest absolute Gasteiger partial charge is 0.322 e. The number of carbonyl (C=O) groups is 3. The topological polar surface area (TPSA) is 66.5 Å². The van der Waals surface area contributed by atoms with Gasteiger partial charge in [0.25, 0.3) is 5.91 Å². The molecule has 1 heterocycles. The molecular formula is C22H19FN2O3. The summed E-state index contributed by atoms with van der Waals surface area (Å²) < 4.78 is 13.0. The van der Waals surface area contributed by atoms with Gasteiger partial charge in [-0.1, -0.05) is 0 Å². The highest BCUT2D eigenvalue weighted by molar-refractivity contribution is 6.22. The zero-order chi connectivity index (χ0) is 19.4. The Kier molecular flexibility index (Phi) is 3.82. The van der Waals surface area contributed by atoms with E-state index in [0.717, 1.165) is 19.3 Å². The standard InChI is InChI=1S/C22H19FN2O3/c23-15-5-7-16(8-6-15)24-20(26)12-3-9-17(10-4-12)25-21(27)18-13-1-2-14(11-13)19(18)22(25)28/h3-10,13-14,18-19H,1-2,11H2,(H,24,26)/t13-,14+,18-,19-/m0/s1. The summed E-state index contributed by atoms with van der Waals surface area (Å²) in [6.45, 7) is 0. The van der Waals surface area contributed by atoms with Crippen LogP contribution in [0.25, 0.3) is 0 Å². The number of fused-ring (bicyclic) bond motifs is 5. The van der Waals surface area contributed by atoms with Gasteiger partial charge in [-0.05, 0) is 79.6 Å². The highest BCUT2D eigenvalue weighted by atomic mass is 19.1. The summed E-state index contributed by atoms with van der Waals surface area (Å²) in [7, 11) is 0. The third-order valence-corrected chi connectivity index (χ3v) is 6.42. The smallest absolute Gasteiger partial charge is 0.255 e. The number of halogens is 1. The number of nitrogens with zero attached hydrogens (tertiary/aromatic N) is 1. The first-order valence-corrected chi connectivity index (χ1v) is 9.58. The first kappa shape index (κ1) is 17.1. The number of imide groups is 1. The molecule has 4 atom stereocenters. The lowest BCUT2D eigenvalue weighted by molar-refractivity contribution is -0.123. The van der Waals surface area contributed by atoms with Gasteiger partial charge in [-0.15, -0.1) is 0 Å². The van der Waals surface area contributed by atoms with E-state index in [1.54, 1.807) is 24.3 Å². The Morgan fingerprint density at radius 3 is 2.04 bits per heavy atom. The van der Waals surface area contributed by atoms with E-state index in [1.807, 2.05) is 0 Å². The van der Waals surface area contributed by atoms with Crippen LogP contribution in [0.15, 0.2) is 48.5 Å². The molecule has 3 aliphatic rings. The van der Waals surface area contributed by atoms with Crippen LogP contribution in [-0.4, -0.2) is 17.7 Å². The molecule has 2 bridgehead atoms. The molecule has 5 nitrogen and oxygen atoms in total. The molecule has 2 aromatic rings. The van der Waals surface area contributed by atoms with Crippen LogP contribution < -0.4 is 10.2 Å². The average Bonchev–Trinajstić information content (AvgIpc) is 3.38. The number of hydrogen-bond acceptors (Lipinski definition) is 3. The molecule has 2 aromatic carbocycles. The third-order valence-electron chi connectivity index (χ3n) is 6.42. The number of hydrogen-bond donors (Lipinski definition) is 1. The van der Waals surface area contributed by atoms with E-state index in [0.29, 0.717) is 28.8 Å². The van der Waals surface area contributed by atoms with Gasteiger partial charge in [0, 0.05) is 11.3 Å². The summed E-state index contributed by atoms with van der Waals surface area (Å²) in [6, 6.07) is 12.0. The molecule has 1 aliphatic heterocycles. The number of anilines is 2. The number of amides is 3. The Labute approximate surface area is 161 Å². The summed E-state index contributed by atoms with van der Waals surface area (Å²) in [4.78, 5) is 39.4. The molecule has 5 rings (SSSR count). The van der Waals surface area contributed by atoms with E-state index in [9.17, 15) is 18.8 Å². The van der Waals surface area contributed by atoms with E-state index in [-0.39, 0.29) is 35.4 Å². The van der Waals surface area contributed by atoms with Gasteiger partial charge in [-0.2, -0.15) is 0 Å². The molecule has 6 heteroatoms. The van der Waals surface area contributed by atoms with Crippen LogP contribution in [0.4, 0.5) is 15.8 Å². The maximum Gasteiger partial charge on any atom is 0.255 e. The Morgan fingerprint density at radius 1 is 0.893 bits per heavy atom. The van der Waals surface area contributed by atoms with Gasteiger partial charge in [0.05, 0.1) is 17.5 Å². The Hall–Kier alpha value is -3.02. The molecule has 0 spiro atoms. The van der Waals surface area contributed by atoms with Gasteiger partial charge in [0.1, 0.15) is 5.82 Å². The quantitative estimate of drug-likeness (QED) is 0.830. The SMILES string of the molecule is O=C(Nc1ccc(F)cc1)c1ccc(N2C(=O)[C@H]3[C@@H]4CC[C@@H](C4)[C@@H]3C2=O)cc1. The Bertz CT molecular complexity index is 942. The van der Waals surface area contributed by atoms with Crippen LogP contribution in [0.3, 0.4) is 0 Å². The maximum absolute atomic E-state index is 13.0. The predicted molar refractivity (Wildman–Crippen MR) is 101 cm³/mol. The summed E-state index contributed by atoms with van der Waals surface area (Å²) in [5.41, 5.74) is 1.40. The van der Waals surface area contributed by atoms with Gasteiger partial charge in [-0.25, -0.2) is 4.39 Å². The fraction of sp³-hybridized carbons (Fsp3) is 0.318. The number of benzene rings is 2. The molecule has 0 aromatic heterocycles. The van der Waals surface area contributed by atoms with Crippen molar-refractivity contribution in [3.8, 4) is 0 Å². The zero-order valence-electron chi connectivity index (χ0n) is 15.1. The zero-order valence-corrected chi connectivity index (χ0v) is 15.1. The van der Waals surface area contributed by atoms with Gasteiger partial charge in [-0.3, -0.25) is 19.3 Å². The van der Waals surface area contributed by atoms with Crippen molar-refractivity contribution in [1.82, 2.24) is 0 Å². The van der Waals surface area contributed by atoms with Gasteiger partial charge >= 0.3 is 0 Å². The monoisotopic (exact) mass is 378 g/mol. The van der Waals surface area contributed by atoms with E-state index < -0.39 is 0 Å². The third kappa shape index (κ3) is 2.55. The summed E-state index contributed by atoms with van der Waals surface area (Å²) in [5.74, 6) is -0.529. The van der Waals surface area contributed by atoms with Crippen LogP contribution in [0.2, 0.25) is 0 Å². The first-order chi connectivity index (χ1) is 13.5. The van der Waals surface area contributed by atoms with Crippen molar-refractivity contribution in [2.45, 2.75) is 19.3 Å². The van der Waals surface area contributed by atoms with Gasteiger partial charge < -0.3 is 5.32 Å². The second kappa shape index (κ2) is 6.26. The molecule has 0 unspecified atom stereocenters. The second-order valence-electron chi connectivity index (χ2n) is 7.90. The molecule has 142 valence electrons. The van der Waals surface area contributed by atoms with Crippen molar-refractivity contribution in [1.29, 1.82) is 0 Å². The van der Waals surface area contributed by atoms with Crippen molar-refractivity contribution in [3.05, 3.63) is 59.9 Å². The van der Waals surface area contributed by atoms with Gasteiger partial charge in [0.15, 0.2) is 0 Å². The molecule has 0 radical (unpaired) electrons.